The van der Waals surface area contributed by atoms with Crippen molar-refractivity contribution >= 4 is 17.2 Å². The Bertz CT molecular complexity index is 435. The molecule has 1 N–H and O–H groups in total. The van der Waals surface area contributed by atoms with Crippen LogP contribution in [-0.2, 0) is 11.3 Å². The smallest absolute Gasteiger partial charge is 0.307 e. The van der Waals surface area contributed by atoms with E-state index in [1.54, 1.807) is 5.38 Å². The molecular weight excluding hydrogens is 250 g/mol. The maximum absolute atomic E-state index is 11.7. The Morgan fingerprint density at radius 1 is 1.44 bits per heavy atom. The molecule has 0 aliphatic carbocycles. The molecule has 18 heavy (non-hydrogen) atoms. The number of aryl methyl sites for hydroxylation is 1. The van der Waals surface area contributed by atoms with E-state index < -0.39 is 0 Å². The second kappa shape index (κ2) is 7.33. The Morgan fingerprint density at radius 2 is 2.11 bits per heavy atom. The summed E-state index contributed by atoms with van der Waals surface area (Å²) in [6.45, 7) is 9.58. The van der Waals surface area contributed by atoms with Crippen LogP contribution in [-0.4, -0.2) is 41.6 Å². The van der Waals surface area contributed by atoms with Crippen molar-refractivity contribution in [3.63, 3.8) is 0 Å². The Morgan fingerprint density at radius 3 is 2.61 bits per heavy atom. The van der Waals surface area contributed by atoms with Gasteiger partial charge in [0.25, 0.3) is 0 Å². The van der Waals surface area contributed by atoms with Crippen molar-refractivity contribution in [2.24, 2.45) is 0 Å². The predicted molar refractivity (Wildman–Crippen MR) is 74.1 cm³/mol. The monoisotopic (exact) mass is 271 g/mol. The van der Waals surface area contributed by atoms with Crippen molar-refractivity contribution in [2.75, 3.05) is 26.2 Å². The van der Waals surface area contributed by atoms with Crippen LogP contribution in [0.25, 0.3) is 0 Å². The molecule has 0 fully saturated rings. The van der Waals surface area contributed by atoms with Gasteiger partial charge in [-0.15, -0.1) is 0 Å². The minimum Gasteiger partial charge on any atom is -0.353 e. The number of rotatable bonds is 7. The van der Waals surface area contributed by atoms with E-state index in [0.29, 0.717) is 6.54 Å². The third-order valence-electron chi connectivity index (χ3n) is 2.92. The number of nitrogens with zero attached hydrogens (tertiary/aromatic N) is 2. The highest BCUT2D eigenvalue weighted by molar-refractivity contribution is 7.07. The molecule has 1 amide bonds. The first-order chi connectivity index (χ1) is 8.58. The highest BCUT2D eigenvalue weighted by atomic mass is 32.1. The van der Waals surface area contributed by atoms with Gasteiger partial charge >= 0.3 is 4.87 Å². The van der Waals surface area contributed by atoms with Crippen molar-refractivity contribution in [3.05, 3.63) is 20.7 Å². The summed E-state index contributed by atoms with van der Waals surface area (Å²) in [5, 5.41) is 4.61. The summed E-state index contributed by atoms with van der Waals surface area (Å²) in [6.07, 6.45) is 0. The Balaban J connectivity index is 2.37. The molecule has 0 atom stereocenters. The second-order valence-corrected chi connectivity index (χ2v) is 4.93. The molecule has 0 spiro atoms. The lowest BCUT2D eigenvalue weighted by atomic mass is 10.4. The number of hydrogen-bond donors (Lipinski definition) is 1. The van der Waals surface area contributed by atoms with E-state index in [9.17, 15) is 9.59 Å². The van der Waals surface area contributed by atoms with Gasteiger partial charge in [0.1, 0.15) is 6.54 Å². The molecule has 0 aliphatic heterocycles. The molecule has 6 heteroatoms. The third-order valence-corrected chi connectivity index (χ3v) is 3.80. The lowest BCUT2D eigenvalue weighted by molar-refractivity contribution is -0.121. The molecule has 1 heterocycles. The molecule has 0 aromatic carbocycles. The van der Waals surface area contributed by atoms with Crippen molar-refractivity contribution in [3.8, 4) is 0 Å². The van der Waals surface area contributed by atoms with E-state index in [2.05, 4.69) is 24.1 Å². The predicted octanol–water partition coefficient (Wildman–Crippen LogP) is 0.676. The summed E-state index contributed by atoms with van der Waals surface area (Å²) in [7, 11) is 0. The molecule has 0 saturated heterocycles. The summed E-state index contributed by atoms with van der Waals surface area (Å²) in [4.78, 5) is 25.3. The Labute approximate surface area is 111 Å². The van der Waals surface area contributed by atoms with Gasteiger partial charge in [-0.05, 0) is 20.0 Å². The van der Waals surface area contributed by atoms with Crippen molar-refractivity contribution < 1.29 is 4.79 Å². The first-order valence-electron chi connectivity index (χ1n) is 6.22. The van der Waals surface area contributed by atoms with Crippen LogP contribution < -0.4 is 10.2 Å². The van der Waals surface area contributed by atoms with Gasteiger partial charge in [-0.1, -0.05) is 25.2 Å². The fourth-order valence-corrected chi connectivity index (χ4v) is 2.42. The number of hydrogen-bond acceptors (Lipinski definition) is 4. The lowest BCUT2D eigenvalue weighted by Gasteiger charge is -2.18. The minimum absolute atomic E-state index is 0.0774. The fraction of sp³-hybridized carbons (Fsp3) is 0.667. The molecule has 0 unspecified atom stereocenters. The zero-order valence-electron chi connectivity index (χ0n) is 11.2. The van der Waals surface area contributed by atoms with Crippen LogP contribution >= 0.6 is 11.3 Å². The molecule has 102 valence electrons. The van der Waals surface area contributed by atoms with Crippen LogP contribution in [0.3, 0.4) is 0 Å². The molecular formula is C12H21N3O2S. The van der Waals surface area contributed by atoms with E-state index in [0.717, 1.165) is 36.7 Å². The van der Waals surface area contributed by atoms with Gasteiger partial charge in [0.15, 0.2) is 0 Å². The van der Waals surface area contributed by atoms with E-state index in [1.807, 2.05) is 6.92 Å². The van der Waals surface area contributed by atoms with Crippen molar-refractivity contribution in [1.82, 2.24) is 14.8 Å². The normalized spacial score (nSPS) is 10.9. The van der Waals surface area contributed by atoms with Gasteiger partial charge in [0.2, 0.25) is 5.91 Å². The summed E-state index contributed by atoms with van der Waals surface area (Å²) < 4.78 is 1.50. The maximum atomic E-state index is 11.7. The van der Waals surface area contributed by atoms with E-state index >= 15 is 0 Å². The van der Waals surface area contributed by atoms with Crippen LogP contribution in [0.4, 0.5) is 0 Å². The molecule has 0 bridgehead atoms. The third kappa shape index (κ3) is 4.27. The highest BCUT2D eigenvalue weighted by Crippen LogP contribution is 1.98. The van der Waals surface area contributed by atoms with Gasteiger partial charge in [0.05, 0.1) is 0 Å². The van der Waals surface area contributed by atoms with Crippen LogP contribution in [0.1, 0.15) is 19.5 Å². The van der Waals surface area contributed by atoms with Gasteiger partial charge in [-0.3, -0.25) is 14.2 Å². The first-order valence-corrected chi connectivity index (χ1v) is 7.10. The highest BCUT2D eigenvalue weighted by Gasteiger charge is 2.08. The Hall–Kier alpha value is -1.14. The maximum Gasteiger partial charge on any atom is 0.307 e. The number of thiazole rings is 1. The molecule has 1 rings (SSSR count). The van der Waals surface area contributed by atoms with Crippen LogP contribution in [0.5, 0.6) is 0 Å². The minimum atomic E-state index is -0.106. The molecule has 1 aromatic heterocycles. The molecule has 0 saturated carbocycles. The number of nitrogens with one attached hydrogen (secondary N) is 1. The average molecular weight is 271 g/mol. The molecule has 5 nitrogen and oxygen atoms in total. The van der Waals surface area contributed by atoms with E-state index in [1.165, 1.54) is 4.57 Å². The van der Waals surface area contributed by atoms with Gasteiger partial charge in [0, 0.05) is 24.2 Å². The molecule has 1 aromatic rings. The largest absolute Gasteiger partial charge is 0.353 e. The first kappa shape index (κ1) is 14.9. The van der Waals surface area contributed by atoms with E-state index in [4.69, 9.17) is 0 Å². The Kier molecular flexibility index (Phi) is 6.07. The standard InChI is InChI=1S/C12H21N3O2S/c1-4-14(5-2)7-6-13-11(16)8-15-10(3)9-18-12(15)17/h9H,4-8H2,1-3H3,(H,13,16). The summed E-state index contributed by atoms with van der Waals surface area (Å²) in [5.74, 6) is -0.106. The zero-order valence-corrected chi connectivity index (χ0v) is 12.0. The average Bonchev–Trinajstić information content (AvgIpc) is 2.66. The number of likely N-dealkylation sites (N-methyl/N-ethyl adjacent to an activating group) is 1. The quantitative estimate of drug-likeness (QED) is 0.793. The summed E-state index contributed by atoms with van der Waals surface area (Å²) >= 11 is 1.13. The molecule has 0 radical (unpaired) electrons. The summed E-state index contributed by atoms with van der Waals surface area (Å²) in [6, 6.07) is 0. The van der Waals surface area contributed by atoms with Crippen LogP contribution in [0.2, 0.25) is 0 Å². The van der Waals surface area contributed by atoms with Crippen LogP contribution in [0.15, 0.2) is 10.2 Å². The SMILES string of the molecule is CCN(CC)CCNC(=O)Cn1c(C)csc1=O. The number of carbonyl (C=O) groups excluding carboxylic acids is 1. The van der Waals surface area contributed by atoms with Crippen molar-refractivity contribution in [2.45, 2.75) is 27.3 Å². The van der Waals surface area contributed by atoms with Gasteiger partial charge < -0.3 is 10.2 Å². The van der Waals surface area contributed by atoms with Crippen molar-refractivity contribution in [1.29, 1.82) is 0 Å². The number of carbonyl (C=O) groups is 1. The fourth-order valence-electron chi connectivity index (χ4n) is 1.69. The van der Waals surface area contributed by atoms with E-state index in [-0.39, 0.29) is 17.3 Å². The van der Waals surface area contributed by atoms with Crippen LogP contribution in [0, 0.1) is 6.92 Å². The summed E-state index contributed by atoms with van der Waals surface area (Å²) in [5.41, 5.74) is 0.837. The zero-order chi connectivity index (χ0) is 13.5. The number of amides is 1. The second-order valence-electron chi connectivity index (χ2n) is 4.11. The number of aromatic nitrogens is 1. The lowest BCUT2D eigenvalue weighted by Crippen LogP contribution is -2.37. The van der Waals surface area contributed by atoms with Gasteiger partial charge in [-0.25, -0.2) is 0 Å². The van der Waals surface area contributed by atoms with Gasteiger partial charge in [-0.2, -0.15) is 0 Å². The topological polar surface area (TPSA) is 54.3 Å². The molecule has 0 aliphatic rings.